The summed E-state index contributed by atoms with van der Waals surface area (Å²) >= 11 is 0. The largest absolute Gasteiger partial charge is 0.352 e. The smallest absolute Gasteiger partial charge is 0.253 e. The van der Waals surface area contributed by atoms with Gasteiger partial charge < -0.3 is 20.9 Å². The van der Waals surface area contributed by atoms with Crippen molar-refractivity contribution in [3.05, 3.63) is 65.2 Å². The van der Waals surface area contributed by atoms with Crippen LogP contribution in [-0.2, 0) is 17.9 Å². The number of rotatable bonds is 8. The number of amides is 2. The molecular weight excluding hydrogens is 378 g/mol. The van der Waals surface area contributed by atoms with E-state index in [9.17, 15) is 9.59 Å². The van der Waals surface area contributed by atoms with Crippen molar-refractivity contribution in [1.29, 1.82) is 0 Å². The molecule has 0 saturated heterocycles. The highest BCUT2D eigenvalue weighted by Gasteiger charge is 2.07. The predicted octanol–water partition coefficient (Wildman–Crippen LogP) is 2.99. The number of anilines is 1. The summed E-state index contributed by atoms with van der Waals surface area (Å²) in [5, 5.41) is 9.45. The molecule has 0 aromatic heterocycles. The first-order chi connectivity index (χ1) is 14.4. The second-order valence-corrected chi connectivity index (χ2v) is 7.17. The lowest BCUT2D eigenvalue weighted by Gasteiger charge is -2.14. The van der Waals surface area contributed by atoms with Crippen LogP contribution in [0.4, 0.5) is 5.69 Å². The molecule has 0 atom stereocenters. The molecule has 0 heterocycles. The molecule has 0 aliphatic rings. The summed E-state index contributed by atoms with van der Waals surface area (Å²) in [5.74, 6) is 0.683. The van der Waals surface area contributed by atoms with Gasteiger partial charge in [0.15, 0.2) is 5.96 Å². The Hall–Kier alpha value is -3.35. The van der Waals surface area contributed by atoms with Crippen LogP contribution in [0.1, 0.15) is 41.3 Å². The molecule has 2 aromatic rings. The van der Waals surface area contributed by atoms with Crippen molar-refractivity contribution in [1.82, 2.24) is 15.5 Å². The summed E-state index contributed by atoms with van der Waals surface area (Å²) in [6, 6.07) is 15.3. The van der Waals surface area contributed by atoms with Crippen LogP contribution in [0.15, 0.2) is 53.5 Å². The second kappa shape index (κ2) is 11.6. The standard InChI is InChI=1S/C23H31N5O2/c1-5-7-21(29)27-20-9-6-8-18(14-20)16-26-23(24-2)25-15-17-10-12-19(13-11-17)22(30)28(3)4/h6,8-14H,5,7,15-16H2,1-4H3,(H,27,29)(H2,24,25,26). The van der Waals surface area contributed by atoms with Crippen molar-refractivity contribution in [2.75, 3.05) is 26.5 Å². The van der Waals surface area contributed by atoms with E-state index in [-0.39, 0.29) is 11.8 Å². The van der Waals surface area contributed by atoms with E-state index in [0.717, 1.165) is 23.2 Å². The van der Waals surface area contributed by atoms with Crippen molar-refractivity contribution in [2.24, 2.45) is 4.99 Å². The average molecular weight is 410 g/mol. The topological polar surface area (TPSA) is 85.8 Å². The summed E-state index contributed by atoms with van der Waals surface area (Å²) in [6.45, 7) is 3.15. The molecule has 0 saturated carbocycles. The van der Waals surface area contributed by atoms with Crippen molar-refractivity contribution in [3.63, 3.8) is 0 Å². The maximum atomic E-state index is 12.0. The number of benzene rings is 2. The minimum atomic E-state index is -0.0138. The Labute approximate surface area is 178 Å². The minimum Gasteiger partial charge on any atom is -0.352 e. The quantitative estimate of drug-likeness (QED) is 0.462. The predicted molar refractivity (Wildman–Crippen MR) is 121 cm³/mol. The summed E-state index contributed by atoms with van der Waals surface area (Å²) in [4.78, 5) is 29.5. The van der Waals surface area contributed by atoms with E-state index >= 15 is 0 Å². The first kappa shape index (κ1) is 22.9. The van der Waals surface area contributed by atoms with Gasteiger partial charge in [0.25, 0.3) is 5.91 Å². The third-order valence-corrected chi connectivity index (χ3v) is 4.44. The fourth-order valence-electron chi connectivity index (χ4n) is 2.83. The molecule has 0 aliphatic heterocycles. The zero-order valence-corrected chi connectivity index (χ0v) is 18.2. The SMILES string of the molecule is CCCC(=O)Nc1cccc(CNC(=NC)NCc2ccc(C(=O)N(C)C)cc2)c1. The average Bonchev–Trinajstić information content (AvgIpc) is 2.74. The fourth-order valence-corrected chi connectivity index (χ4v) is 2.83. The Kier molecular flexibility index (Phi) is 8.87. The molecule has 2 rings (SSSR count). The maximum absolute atomic E-state index is 12.0. The highest BCUT2D eigenvalue weighted by Crippen LogP contribution is 2.11. The van der Waals surface area contributed by atoms with Gasteiger partial charge in [-0.2, -0.15) is 0 Å². The van der Waals surface area contributed by atoms with Gasteiger partial charge in [-0.25, -0.2) is 0 Å². The van der Waals surface area contributed by atoms with Crippen molar-refractivity contribution < 1.29 is 9.59 Å². The molecule has 2 aromatic carbocycles. The van der Waals surface area contributed by atoms with Gasteiger partial charge in [0.2, 0.25) is 5.91 Å². The van der Waals surface area contributed by atoms with Crippen molar-refractivity contribution in [2.45, 2.75) is 32.9 Å². The first-order valence-corrected chi connectivity index (χ1v) is 10.1. The van der Waals surface area contributed by atoms with Gasteiger partial charge in [-0.3, -0.25) is 14.6 Å². The van der Waals surface area contributed by atoms with Gasteiger partial charge in [0.1, 0.15) is 0 Å². The lowest BCUT2D eigenvalue weighted by Crippen LogP contribution is -2.36. The number of aliphatic imine (C=N–C) groups is 1. The normalized spacial score (nSPS) is 11.0. The van der Waals surface area contributed by atoms with E-state index < -0.39 is 0 Å². The van der Waals surface area contributed by atoms with Gasteiger partial charge in [-0.1, -0.05) is 31.2 Å². The highest BCUT2D eigenvalue weighted by molar-refractivity contribution is 5.94. The fraction of sp³-hybridized carbons (Fsp3) is 0.348. The number of carbonyl (C=O) groups is 2. The third-order valence-electron chi connectivity index (χ3n) is 4.44. The zero-order valence-electron chi connectivity index (χ0n) is 18.2. The summed E-state index contributed by atoms with van der Waals surface area (Å²) in [5.41, 5.74) is 3.55. The molecule has 0 unspecified atom stereocenters. The van der Waals surface area contributed by atoms with Gasteiger partial charge in [-0.15, -0.1) is 0 Å². The number of hydrogen-bond donors (Lipinski definition) is 3. The molecule has 0 spiro atoms. The summed E-state index contributed by atoms with van der Waals surface area (Å²) in [6.07, 6.45) is 1.34. The number of nitrogens with zero attached hydrogens (tertiary/aromatic N) is 2. The molecule has 0 bridgehead atoms. The van der Waals surface area contributed by atoms with Crippen molar-refractivity contribution in [3.8, 4) is 0 Å². The lowest BCUT2D eigenvalue weighted by molar-refractivity contribution is -0.116. The number of nitrogens with one attached hydrogen (secondary N) is 3. The summed E-state index contributed by atoms with van der Waals surface area (Å²) in [7, 11) is 5.19. The number of carbonyl (C=O) groups excluding carboxylic acids is 2. The third kappa shape index (κ3) is 7.24. The minimum absolute atomic E-state index is 0.0138. The van der Waals surface area contributed by atoms with E-state index in [1.807, 2.05) is 55.5 Å². The molecule has 2 amide bonds. The highest BCUT2D eigenvalue weighted by atomic mass is 16.2. The van der Waals surface area contributed by atoms with Gasteiger partial charge in [0, 0.05) is 51.9 Å². The van der Waals surface area contributed by atoms with Crippen LogP contribution in [0.25, 0.3) is 0 Å². The zero-order chi connectivity index (χ0) is 21.9. The van der Waals surface area contributed by atoms with Gasteiger partial charge in [-0.05, 0) is 41.8 Å². The second-order valence-electron chi connectivity index (χ2n) is 7.17. The molecule has 7 heteroatoms. The van der Waals surface area contributed by atoms with E-state index in [1.54, 1.807) is 26.0 Å². The maximum Gasteiger partial charge on any atom is 0.253 e. The van der Waals surface area contributed by atoms with Gasteiger partial charge in [0.05, 0.1) is 0 Å². The molecular formula is C23H31N5O2. The molecule has 0 aliphatic carbocycles. The Morgan fingerprint density at radius 3 is 2.23 bits per heavy atom. The van der Waals surface area contributed by atoms with Crippen LogP contribution in [-0.4, -0.2) is 43.8 Å². The van der Waals surface area contributed by atoms with E-state index in [0.29, 0.717) is 31.0 Å². The molecule has 7 nitrogen and oxygen atoms in total. The first-order valence-electron chi connectivity index (χ1n) is 10.1. The Bertz CT molecular complexity index is 875. The van der Waals surface area contributed by atoms with E-state index in [2.05, 4.69) is 20.9 Å². The molecule has 0 fully saturated rings. The molecule has 30 heavy (non-hydrogen) atoms. The Morgan fingerprint density at radius 2 is 1.63 bits per heavy atom. The number of hydrogen-bond acceptors (Lipinski definition) is 3. The van der Waals surface area contributed by atoms with Crippen LogP contribution in [0.2, 0.25) is 0 Å². The van der Waals surface area contributed by atoms with Crippen LogP contribution in [0, 0.1) is 0 Å². The van der Waals surface area contributed by atoms with E-state index in [1.165, 1.54) is 0 Å². The van der Waals surface area contributed by atoms with Crippen LogP contribution < -0.4 is 16.0 Å². The summed E-state index contributed by atoms with van der Waals surface area (Å²) < 4.78 is 0. The van der Waals surface area contributed by atoms with Crippen LogP contribution in [0.5, 0.6) is 0 Å². The Balaban J connectivity index is 1.86. The van der Waals surface area contributed by atoms with Crippen LogP contribution >= 0.6 is 0 Å². The van der Waals surface area contributed by atoms with Gasteiger partial charge >= 0.3 is 0 Å². The monoisotopic (exact) mass is 409 g/mol. The molecule has 3 N–H and O–H groups in total. The number of guanidine groups is 1. The lowest BCUT2D eigenvalue weighted by atomic mass is 10.1. The molecule has 0 radical (unpaired) electrons. The van der Waals surface area contributed by atoms with Crippen LogP contribution in [0.3, 0.4) is 0 Å². The molecule has 160 valence electrons. The Morgan fingerprint density at radius 1 is 0.967 bits per heavy atom. The van der Waals surface area contributed by atoms with Crippen molar-refractivity contribution >= 4 is 23.5 Å². The van der Waals surface area contributed by atoms with E-state index in [4.69, 9.17) is 0 Å².